The number of phenols is 1. The minimum Gasteiger partial charge on any atom is -0.508 e. The molecule has 0 fully saturated rings. The van der Waals surface area contributed by atoms with Gasteiger partial charge in [0.05, 0.1) is 11.3 Å². The second kappa shape index (κ2) is 3.73. The second-order valence-electron chi connectivity index (χ2n) is 2.64. The van der Waals surface area contributed by atoms with Gasteiger partial charge >= 0.3 is 5.97 Å². The first-order valence-corrected chi connectivity index (χ1v) is 3.69. The molecule has 1 rings (SSSR count). The van der Waals surface area contributed by atoms with Crippen molar-refractivity contribution in [3.8, 4) is 5.75 Å². The third-order valence-corrected chi connectivity index (χ3v) is 1.60. The van der Waals surface area contributed by atoms with Crippen molar-refractivity contribution in [3.63, 3.8) is 0 Å². The summed E-state index contributed by atoms with van der Waals surface area (Å²) in [5.74, 6) is -1.37. The van der Waals surface area contributed by atoms with Crippen molar-refractivity contribution in [2.45, 2.75) is 6.42 Å². The van der Waals surface area contributed by atoms with Crippen molar-refractivity contribution >= 4 is 11.7 Å². The highest BCUT2D eigenvalue weighted by Gasteiger charge is 2.16. The fourth-order valence-electron chi connectivity index (χ4n) is 1.05. The summed E-state index contributed by atoms with van der Waals surface area (Å²) in [5.41, 5.74) is -0.312. The largest absolute Gasteiger partial charge is 0.508 e. The molecule has 0 heterocycles. The summed E-state index contributed by atoms with van der Waals surface area (Å²) in [5, 5.41) is 27.9. The Morgan fingerprint density at radius 3 is 2.64 bits per heavy atom. The number of phenolic OH excluding ortho intramolecular Hbond substituents is 1. The maximum absolute atomic E-state index is 10.4. The molecule has 0 spiro atoms. The van der Waals surface area contributed by atoms with Crippen LogP contribution >= 0.6 is 0 Å². The number of nitro groups is 1. The molecule has 2 N–H and O–H groups in total. The van der Waals surface area contributed by atoms with Gasteiger partial charge in [0, 0.05) is 11.6 Å². The van der Waals surface area contributed by atoms with Crippen LogP contribution in [0.15, 0.2) is 18.2 Å². The Bertz CT molecular complexity index is 387. The third kappa shape index (κ3) is 2.19. The highest BCUT2D eigenvalue weighted by atomic mass is 16.6. The Hall–Kier alpha value is -2.11. The molecule has 6 heteroatoms. The number of aliphatic carboxylic acids is 1. The predicted octanol–water partition coefficient (Wildman–Crippen LogP) is 0.927. The quantitative estimate of drug-likeness (QED) is 0.554. The van der Waals surface area contributed by atoms with Crippen LogP contribution in [0.5, 0.6) is 5.75 Å². The van der Waals surface area contributed by atoms with Crippen molar-refractivity contribution in [1.82, 2.24) is 0 Å². The molecule has 0 saturated carbocycles. The zero-order valence-corrected chi connectivity index (χ0v) is 7.01. The van der Waals surface area contributed by atoms with E-state index < -0.39 is 17.3 Å². The standard InChI is InChI=1S/C8H7NO5/c10-6-1-2-7(9(13)14)5(3-6)4-8(11)12/h1-3,10H,4H2,(H,11,12). The minimum absolute atomic E-state index is 0.0116. The van der Waals surface area contributed by atoms with Gasteiger partial charge in [0.15, 0.2) is 0 Å². The Kier molecular flexibility index (Phi) is 2.66. The SMILES string of the molecule is O=C(O)Cc1cc(O)ccc1[N+](=O)[O-]. The number of nitrogens with zero attached hydrogens (tertiary/aromatic N) is 1. The maximum Gasteiger partial charge on any atom is 0.308 e. The van der Waals surface area contributed by atoms with Gasteiger partial charge in [-0.3, -0.25) is 14.9 Å². The van der Waals surface area contributed by atoms with E-state index in [0.717, 1.165) is 18.2 Å². The van der Waals surface area contributed by atoms with E-state index in [9.17, 15) is 14.9 Å². The van der Waals surface area contributed by atoms with Crippen LogP contribution in [0, 0.1) is 10.1 Å². The first-order chi connectivity index (χ1) is 6.50. The number of benzene rings is 1. The number of carboxylic acid groups (broad SMARTS) is 1. The lowest BCUT2D eigenvalue weighted by Gasteiger charge is -2.00. The van der Waals surface area contributed by atoms with Gasteiger partial charge in [0.25, 0.3) is 5.69 Å². The molecule has 0 amide bonds. The van der Waals surface area contributed by atoms with E-state index in [2.05, 4.69) is 0 Å². The first-order valence-electron chi connectivity index (χ1n) is 3.69. The van der Waals surface area contributed by atoms with Gasteiger partial charge in [-0.25, -0.2) is 0 Å². The molecule has 0 unspecified atom stereocenters. The topological polar surface area (TPSA) is 101 Å². The second-order valence-corrected chi connectivity index (χ2v) is 2.64. The number of nitro benzene ring substituents is 1. The zero-order chi connectivity index (χ0) is 10.7. The lowest BCUT2D eigenvalue weighted by atomic mass is 10.1. The number of carboxylic acids is 1. The van der Waals surface area contributed by atoms with Crippen molar-refractivity contribution in [3.05, 3.63) is 33.9 Å². The highest BCUT2D eigenvalue weighted by Crippen LogP contribution is 2.23. The van der Waals surface area contributed by atoms with Gasteiger partial charge in [-0.1, -0.05) is 0 Å². The number of carbonyl (C=O) groups is 1. The van der Waals surface area contributed by atoms with Crippen LogP contribution < -0.4 is 0 Å². The van der Waals surface area contributed by atoms with E-state index in [1.54, 1.807) is 0 Å². The van der Waals surface area contributed by atoms with E-state index in [1.807, 2.05) is 0 Å². The molecule has 6 nitrogen and oxygen atoms in total. The summed E-state index contributed by atoms with van der Waals surface area (Å²) in [6.45, 7) is 0. The Morgan fingerprint density at radius 2 is 2.14 bits per heavy atom. The summed E-state index contributed by atoms with van der Waals surface area (Å²) in [6.07, 6.45) is -0.481. The van der Waals surface area contributed by atoms with Crippen LogP contribution in [0.3, 0.4) is 0 Å². The molecule has 0 atom stereocenters. The van der Waals surface area contributed by atoms with Crippen LogP contribution in [0.2, 0.25) is 0 Å². The summed E-state index contributed by atoms with van der Waals surface area (Å²) >= 11 is 0. The lowest BCUT2D eigenvalue weighted by molar-refractivity contribution is -0.385. The van der Waals surface area contributed by atoms with E-state index in [0.29, 0.717) is 0 Å². The minimum atomic E-state index is -1.18. The Morgan fingerprint density at radius 1 is 1.50 bits per heavy atom. The number of hydrogen-bond donors (Lipinski definition) is 2. The monoisotopic (exact) mass is 197 g/mol. The number of rotatable bonds is 3. The van der Waals surface area contributed by atoms with Gasteiger partial charge in [0.1, 0.15) is 5.75 Å². The molecular formula is C8H7NO5. The molecule has 0 aliphatic carbocycles. The molecule has 0 aliphatic heterocycles. The van der Waals surface area contributed by atoms with Crippen LogP contribution in [0.4, 0.5) is 5.69 Å². The lowest BCUT2D eigenvalue weighted by Crippen LogP contribution is -2.03. The molecule has 0 aliphatic rings. The highest BCUT2D eigenvalue weighted by molar-refractivity contribution is 5.72. The third-order valence-electron chi connectivity index (χ3n) is 1.60. The zero-order valence-electron chi connectivity index (χ0n) is 7.01. The van der Waals surface area contributed by atoms with Crippen molar-refractivity contribution in [1.29, 1.82) is 0 Å². The van der Waals surface area contributed by atoms with E-state index in [4.69, 9.17) is 10.2 Å². The van der Waals surface area contributed by atoms with Crippen molar-refractivity contribution in [2.24, 2.45) is 0 Å². The van der Waals surface area contributed by atoms with Crippen molar-refractivity contribution < 1.29 is 19.9 Å². The molecule has 0 aromatic heterocycles. The molecule has 74 valence electrons. The van der Waals surface area contributed by atoms with Crippen LogP contribution in [0.1, 0.15) is 5.56 Å². The molecule has 0 bridgehead atoms. The Balaban J connectivity index is 3.15. The van der Waals surface area contributed by atoms with Gasteiger partial charge in [-0.15, -0.1) is 0 Å². The molecule has 14 heavy (non-hydrogen) atoms. The van der Waals surface area contributed by atoms with Crippen LogP contribution in [-0.2, 0) is 11.2 Å². The molecule has 1 aromatic rings. The van der Waals surface area contributed by atoms with E-state index in [1.165, 1.54) is 0 Å². The summed E-state index contributed by atoms with van der Waals surface area (Å²) in [6, 6.07) is 3.29. The molecule has 1 aromatic carbocycles. The Labute approximate surface area is 78.6 Å². The summed E-state index contributed by atoms with van der Waals surface area (Å²) in [4.78, 5) is 20.1. The van der Waals surface area contributed by atoms with E-state index in [-0.39, 0.29) is 17.0 Å². The van der Waals surface area contributed by atoms with Gasteiger partial charge in [-0.05, 0) is 12.1 Å². The average Bonchev–Trinajstić information content (AvgIpc) is 2.01. The molecule has 0 saturated heterocycles. The fraction of sp³-hybridized carbons (Fsp3) is 0.125. The van der Waals surface area contributed by atoms with Crippen molar-refractivity contribution in [2.75, 3.05) is 0 Å². The smallest absolute Gasteiger partial charge is 0.308 e. The van der Waals surface area contributed by atoms with Gasteiger partial charge in [0.2, 0.25) is 0 Å². The molecular weight excluding hydrogens is 190 g/mol. The summed E-state index contributed by atoms with van der Waals surface area (Å²) < 4.78 is 0. The average molecular weight is 197 g/mol. The normalized spacial score (nSPS) is 9.71. The summed E-state index contributed by atoms with van der Waals surface area (Å²) in [7, 11) is 0. The number of hydrogen-bond acceptors (Lipinski definition) is 4. The number of aromatic hydroxyl groups is 1. The maximum atomic E-state index is 10.4. The predicted molar refractivity (Wildman–Crippen MR) is 46.1 cm³/mol. The fourth-order valence-corrected chi connectivity index (χ4v) is 1.05. The van der Waals surface area contributed by atoms with E-state index >= 15 is 0 Å². The van der Waals surface area contributed by atoms with Gasteiger partial charge < -0.3 is 10.2 Å². The first kappa shape index (κ1) is 9.97. The van der Waals surface area contributed by atoms with Gasteiger partial charge in [-0.2, -0.15) is 0 Å². The molecule has 0 radical (unpaired) electrons. The van der Waals surface area contributed by atoms with Crippen LogP contribution in [0.25, 0.3) is 0 Å². The van der Waals surface area contributed by atoms with Crippen LogP contribution in [-0.4, -0.2) is 21.1 Å².